The second kappa shape index (κ2) is 10.2. The van der Waals surface area contributed by atoms with Crippen LogP contribution in [0.2, 0.25) is 0 Å². The van der Waals surface area contributed by atoms with Gasteiger partial charge >= 0.3 is 11.8 Å². The van der Waals surface area contributed by atoms with Crippen LogP contribution in [0.3, 0.4) is 0 Å². The molecule has 7 heteroatoms. The molecule has 6 nitrogen and oxygen atoms in total. The number of carbonyl (C=O) groups excluding carboxylic acids is 2. The number of rotatable bonds is 6. The van der Waals surface area contributed by atoms with E-state index >= 15 is 0 Å². The molecule has 0 saturated carbocycles. The zero-order chi connectivity index (χ0) is 21.5. The third kappa shape index (κ3) is 6.03. The highest BCUT2D eigenvalue weighted by Crippen LogP contribution is 2.18. The number of halogens is 1. The average molecular weight is 413 g/mol. The number of amides is 2. The zero-order valence-electron chi connectivity index (χ0n) is 17.6. The first-order valence-corrected chi connectivity index (χ1v) is 10.3. The van der Waals surface area contributed by atoms with Crippen molar-refractivity contribution < 1.29 is 14.0 Å². The molecule has 1 saturated heterocycles. The summed E-state index contributed by atoms with van der Waals surface area (Å²) in [5, 5.41) is 5.02. The van der Waals surface area contributed by atoms with Gasteiger partial charge in [-0.05, 0) is 62.2 Å². The van der Waals surface area contributed by atoms with Gasteiger partial charge in [-0.25, -0.2) is 4.39 Å². The minimum absolute atomic E-state index is 0.263. The summed E-state index contributed by atoms with van der Waals surface area (Å²) in [5.41, 5.74) is 3.18. The van der Waals surface area contributed by atoms with Crippen LogP contribution in [-0.2, 0) is 16.0 Å². The van der Waals surface area contributed by atoms with E-state index in [1.807, 2.05) is 0 Å². The van der Waals surface area contributed by atoms with Crippen LogP contribution in [0.4, 0.5) is 15.8 Å². The second-order valence-corrected chi connectivity index (χ2v) is 7.73. The summed E-state index contributed by atoms with van der Waals surface area (Å²) in [5.74, 6) is -1.94. The van der Waals surface area contributed by atoms with Crippen LogP contribution in [0, 0.1) is 12.7 Å². The SMILES string of the molecule is Cc1ccc(NC(=O)C(=O)NCCCc2ccc(N3CCN(C)CC3)cc2)cc1F. The first kappa shape index (κ1) is 21.8. The molecule has 0 aliphatic carbocycles. The molecular formula is C23H29FN4O2. The van der Waals surface area contributed by atoms with E-state index in [1.165, 1.54) is 17.3 Å². The summed E-state index contributed by atoms with van der Waals surface area (Å²) in [4.78, 5) is 28.6. The Bertz CT molecular complexity index is 877. The fraction of sp³-hybridized carbons (Fsp3) is 0.391. The van der Waals surface area contributed by atoms with Gasteiger partial charge < -0.3 is 20.4 Å². The van der Waals surface area contributed by atoms with E-state index < -0.39 is 17.6 Å². The van der Waals surface area contributed by atoms with E-state index in [2.05, 4.69) is 51.7 Å². The van der Waals surface area contributed by atoms with E-state index in [0.717, 1.165) is 39.0 Å². The zero-order valence-corrected chi connectivity index (χ0v) is 17.6. The van der Waals surface area contributed by atoms with Crippen LogP contribution in [-0.4, -0.2) is 56.5 Å². The van der Waals surface area contributed by atoms with Crippen LogP contribution < -0.4 is 15.5 Å². The van der Waals surface area contributed by atoms with E-state index in [-0.39, 0.29) is 5.69 Å². The molecule has 1 aliphatic rings. The average Bonchev–Trinajstić information content (AvgIpc) is 2.74. The molecule has 0 bridgehead atoms. The molecule has 2 N–H and O–H groups in total. The Morgan fingerprint density at radius 3 is 2.37 bits per heavy atom. The maximum absolute atomic E-state index is 13.5. The highest BCUT2D eigenvalue weighted by molar-refractivity contribution is 6.39. The minimum Gasteiger partial charge on any atom is -0.369 e. The van der Waals surface area contributed by atoms with Gasteiger partial charge in [0.25, 0.3) is 0 Å². The van der Waals surface area contributed by atoms with Gasteiger partial charge in [0, 0.05) is 44.1 Å². The molecule has 1 aliphatic heterocycles. The highest BCUT2D eigenvalue weighted by Gasteiger charge is 2.15. The van der Waals surface area contributed by atoms with Crippen molar-refractivity contribution in [1.82, 2.24) is 10.2 Å². The summed E-state index contributed by atoms with van der Waals surface area (Å²) < 4.78 is 13.5. The Labute approximate surface area is 177 Å². The summed E-state index contributed by atoms with van der Waals surface area (Å²) >= 11 is 0. The molecule has 0 atom stereocenters. The van der Waals surface area contributed by atoms with Crippen molar-refractivity contribution in [3.8, 4) is 0 Å². The van der Waals surface area contributed by atoms with E-state index in [4.69, 9.17) is 0 Å². The summed E-state index contributed by atoms with van der Waals surface area (Å²) in [6.07, 6.45) is 1.54. The number of piperazine rings is 1. The number of hydrogen-bond donors (Lipinski definition) is 2. The molecular weight excluding hydrogens is 383 g/mol. The fourth-order valence-corrected chi connectivity index (χ4v) is 3.37. The van der Waals surface area contributed by atoms with Crippen molar-refractivity contribution in [3.05, 3.63) is 59.4 Å². The largest absolute Gasteiger partial charge is 0.369 e. The van der Waals surface area contributed by atoms with Gasteiger partial charge in [0.2, 0.25) is 0 Å². The molecule has 0 spiro atoms. The molecule has 3 rings (SSSR count). The number of hydrogen-bond acceptors (Lipinski definition) is 4. The van der Waals surface area contributed by atoms with Crippen molar-refractivity contribution >= 4 is 23.2 Å². The van der Waals surface area contributed by atoms with Gasteiger partial charge in [-0.3, -0.25) is 9.59 Å². The third-order valence-electron chi connectivity index (χ3n) is 5.37. The molecule has 2 aromatic rings. The summed E-state index contributed by atoms with van der Waals surface area (Å²) in [6.45, 7) is 6.27. The first-order chi connectivity index (χ1) is 14.4. The molecule has 1 fully saturated rings. The number of benzene rings is 2. The standard InChI is InChI=1S/C23H29FN4O2/c1-17-5-8-19(16-21(17)24)26-23(30)22(29)25-11-3-4-18-6-9-20(10-7-18)28-14-12-27(2)13-15-28/h5-10,16H,3-4,11-15H2,1-2H3,(H,25,29)(H,26,30). The molecule has 160 valence electrons. The lowest BCUT2D eigenvalue weighted by Gasteiger charge is -2.34. The maximum atomic E-state index is 13.5. The second-order valence-electron chi connectivity index (χ2n) is 7.73. The smallest absolute Gasteiger partial charge is 0.313 e. The highest BCUT2D eigenvalue weighted by atomic mass is 19.1. The van der Waals surface area contributed by atoms with Crippen molar-refractivity contribution in [2.24, 2.45) is 0 Å². The molecule has 0 unspecified atom stereocenters. The van der Waals surface area contributed by atoms with E-state index in [0.29, 0.717) is 12.1 Å². The van der Waals surface area contributed by atoms with Gasteiger partial charge in [-0.1, -0.05) is 18.2 Å². The van der Waals surface area contributed by atoms with Gasteiger partial charge in [-0.2, -0.15) is 0 Å². The molecule has 2 amide bonds. The normalized spacial score (nSPS) is 14.4. The van der Waals surface area contributed by atoms with Crippen molar-refractivity contribution in [2.45, 2.75) is 19.8 Å². The molecule has 0 aromatic heterocycles. The third-order valence-corrected chi connectivity index (χ3v) is 5.37. The first-order valence-electron chi connectivity index (χ1n) is 10.3. The van der Waals surface area contributed by atoms with Gasteiger partial charge in [0.15, 0.2) is 0 Å². The lowest BCUT2D eigenvalue weighted by molar-refractivity contribution is -0.136. The number of likely N-dealkylation sites (N-methyl/N-ethyl adjacent to an activating group) is 1. The van der Waals surface area contributed by atoms with Gasteiger partial charge in [-0.15, -0.1) is 0 Å². The van der Waals surface area contributed by atoms with Crippen molar-refractivity contribution in [2.75, 3.05) is 50.0 Å². The quantitative estimate of drug-likeness (QED) is 0.566. The van der Waals surface area contributed by atoms with Crippen LogP contribution in [0.15, 0.2) is 42.5 Å². The Morgan fingerprint density at radius 2 is 1.70 bits per heavy atom. The number of nitrogens with zero attached hydrogens (tertiary/aromatic N) is 2. The van der Waals surface area contributed by atoms with Gasteiger partial charge in [0.1, 0.15) is 5.82 Å². The fourth-order valence-electron chi connectivity index (χ4n) is 3.37. The van der Waals surface area contributed by atoms with Crippen LogP contribution in [0.1, 0.15) is 17.5 Å². The minimum atomic E-state index is -0.796. The number of anilines is 2. The Morgan fingerprint density at radius 1 is 1.00 bits per heavy atom. The molecule has 2 aromatic carbocycles. The predicted octanol–water partition coefficient (Wildman–Crippen LogP) is 2.57. The number of aryl methyl sites for hydroxylation is 2. The number of carbonyl (C=O) groups is 2. The molecule has 30 heavy (non-hydrogen) atoms. The van der Waals surface area contributed by atoms with Crippen LogP contribution in [0.5, 0.6) is 0 Å². The molecule has 1 heterocycles. The predicted molar refractivity (Wildman–Crippen MR) is 117 cm³/mol. The van der Waals surface area contributed by atoms with Crippen LogP contribution >= 0.6 is 0 Å². The van der Waals surface area contributed by atoms with Crippen molar-refractivity contribution in [1.29, 1.82) is 0 Å². The molecule has 0 radical (unpaired) electrons. The number of nitrogens with one attached hydrogen (secondary N) is 2. The van der Waals surface area contributed by atoms with Crippen LogP contribution in [0.25, 0.3) is 0 Å². The van der Waals surface area contributed by atoms with E-state index in [1.54, 1.807) is 19.1 Å². The van der Waals surface area contributed by atoms with E-state index in [9.17, 15) is 14.0 Å². The Kier molecular flexibility index (Phi) is 7.41. The maximum Gasteiger partial charge on any atom is 0.313 e. The van der Waals surface area contributed by atoms with Crippen molar-refractivity contribution in [3.63, 3.8) is 0 Å². The monoisotopic (exact) mass is 412 g/mol. The summed E-state index contributed by atoms with van der Waals surface area (Å²) in [6, 6.07) is 12.8. The lowest BCUT2D eigenvalue weighted by Crippen LogP contribution is -2.44. The summed E-state index contributed by atoms with van der Waals surface area (Å²) in [7, 11) is 2.14. The topological polar surface area (TPSA) is 64.7 Å². The lowest BCUT2D eigenvalue weighted by atomic mass is 10.1. The Hall–Kier alpha value is -2.93. The Balaban J connectivity index is 1.38. The van der Waals surface area contributed by atoms with Gasteiger partial charge in [0.05, 0.1) is 0 Å².